The lowest BCUT2D eigenvalue weighted by Gasteiger charge is -2.03. The number of aryl methyl sites for hydroxylation is 2. The fraction of sp³-hybridized carbons (Fsp3) is 0.263. The second-order valence-electron chi connectivity index (χ2n) is 5.40. The van der Waals surface area contributed by atoms with Crippen molar-refractivity contribution < 1.29 is 4.74 Å². The molecule has 4 heteroatoms. The third-order valence-corrected chi connectivity index (χ3v) is 4.84. The van der Waals surface area contributed by atoms with Gasteiger partial charge >= 0.3 is 0 Å². The van der Waals surface area contributed by atoms with Gasteiger partial charge in [0.25, 0.3) is 0 Å². The molecule has 0 aliphatic heterocycles. The minimum Gasteiger partial charge on any atom is -0.371 e. The first-order valence-electron chi connectivity index (χ1n) is 7.79. The summed E-state index contributed by atoms with van der Waals surface area (Å²) in [4.78, 5) is 10.2. The topological polar surface area (TPSA) is 35.0 Å². The van der Waals surface area contributed by atoms with Crippen LogP contribution in [0.5, 0.6) is 0 Å². The SMILES string of the molecule is CCc1cc(-c2nc(C)c(COCc3ccccc3)s2)ccn1. The zero-order chi connectivity index (χ0) is 16.1. The molecule has 118 valence electrons. The third-order valence-electron chi connectivity index (χ3n) is 3.66. The predicted molar refractivity (Wildman–Crippen MR) is 94.4 cm³/mol. The highest BCUT2D eigenvalue weighted by Gasteiger charge is 2.10. The first-order chi connectivity index (χ1) is 11.3. The van der Waals surface area contributed by atoms with Crippen molar-refractivity contribution in [3.8, 4) is 10.6 Å². The molecule has 0 unspecified atom stereocenters. The zero-order valence-corrected chi connectivity index (χ0v) is 14.3. The Bertz CT molecular complexity index is 768. The molecule has 0 atom stereocenters. The van der Waals surface area contributed by atoms with E-state index in [0.717, 1.165) is 28.4 Å². The monoisotopic (exact) mass is 324 g/mol. The number of ether oxygens (including phenoxy) is 1. The van der Waals surface area contributed by atoms with E-state index in [1.807, 2.05) is 37.4 Å². The fourth-order valence-electron chi connectivity index (χ4n) is 2.33. The molecule has 0 aliphatic rings. The van der Waals surface area contributed by atoms with E-state index >= 15 is 0 Å². The summed E-state index contributed by atoms with van der Waals surface area (Å²) in [5.41, 5.74) is 4.47. The molecule has 0 saturated carbocycles. The van der Waals surface area contributed by atoms with Crippen molar-refractivity contribution in [1.29, 1.82) is 0 Å². The smallest absolute Gasteiger partial charge is 0.124 e. The highest BCUT2D eigenvalue weighted by atomic mass is 32.1. The van der Waals surface area contributed by atoms with E-state index in [9.17, 15) is 0 Å². The molecule has 1 aromatic carbocycles. The van der Waals surface area contributed by atoms with Gasteiger partial charge in [0.1, 0.15) is 5.01 Å². The number of hydrogen-bond acceptors (Lipinski definition) is 4. The number of nitrogens with zero attached hydrogens (tertiary/aromatic N) is 2. The van der Waals surface area contributed by atoms with Gasteiger partial charge in [-0.3, -0.25) is 4.98 Å². The van der Waals surface area contributed by atoms with Crippen molar-refractivity contribution in [1.82, 2.24) is 9.97 Å². The Morgan fingerprint density at radius 3 is 2.70 bits per heavy atom. The Morgan fingerprint density at radius 1 is 1.09 bits per heavy atom. The minimum absolute atomic E-state index is 0.601. The Balaban J connectivity index is 1.68. The molecular weight excluding hydrogens is 304 g/mol. The van der Waals surface area contributed by atoms with Crippen molar-refractivity contribution in [3.05, 3.63) is 70.5 Å². The number of aromatic nitrogens is 2. The van der Waals surface area contributed by atoms with E-state index in [-0.39, 0.29) is 0 Å². The molecule has 0 aliphatic carbocycles. The van der Waals surface area contributed by atoms with Crippen LogP contribution in [0, 0.1) is 6.92 Å². The summed E-state index contributed by atoms with van der Waals surface area (Å²) in [6.45, 7) is 5.39. The molecule has 23 heavy (non-hydrogen) atoms. The molecule has 2 heterocycles. The number of pyridine rings is 1. The van der Waals surface area contributed by atoms with Gasteiger partial charge in [0, 0.05) is 17.5 Å². The maximum absolute atomic E-state index is 5.84. The van der Waals surface area contributed by atoms with Crippen LogP contribution in [0.25, 0.3) is 10.6 Å². The van der Waals surface area contributed by atoms with E-state index in [2.05, 4.69) is 30.1 Å². The maximum Gasteiger partial charge on any atom is 0.124 e. The number of thiazole rings is 1. The van der Waals surface area contributed by atoms with Crippen LogP contribution in [0.2, 0.25) is 0 Å². The Hall–Kier alpha value is -2.04. The average molecular weight is 324 g/mol. The van der Waals surface area contributed by atoms with Crippen LogP contribution in [0.1, 0.15) is 28.8 Å². The molecule has 3 aromatic rings. The van der Waals surface area contributed by atoms with E-state index in [0.29, 0.717) is 13.2 Å². The number of benzene rings is 1. The van der Waals surface area contributed by atoms with Gasteiger partial charge in [-0.1, -0.05) is 37.3 Å². The third kappa shape index (κ3) is 4.03. The molecule has 3 nitrogen and oxygen atoms in total. The second-order valence-corrected chi connectivity index (χ2v) is 6.48. The van der Waals surface area contributed by atoms with Crippen LogP contribution in [-0.2, 0) is 24.4 Å². The molecule has 0 saturated heterocycles. The molecule has 0 spiro atoms. The van der Waals surface area contributed by atoms with Gasteiger partial charge in [-0.2, -0.15) is 0 Å². The van der Waals surface area contributed by atoms with Crippen molar-refractivity contribution in [2.24, 2.45) is 0 Å². The van der Waals surface area contributed by atoms with Crippen LogP contribution in [0.4, 0.5) is 0 Å². The first kappa shape index (κ1) is 15.8. The zero-order valence-electron chi connectivity index (χ0n) is 13.5. The number of hydrogen-bond donors (Lipinski definition) is 0. The lowest BCUT2D eigenvalue weighted by Crippen LogP contribution is -1.93. The summed E-state index contributed by atoms with van der Waals surface area (Å²) >= 11 is 1.70. The molecule has 0 N–H and O–H groups in total. The molecule has 0 radical (unpaired) electrons. The highest BCUT2D eigenvalue weighted by Crippen LogP contribution is 2.28. The van der Waals surface area contributed by atoms with Crippen LogP contribution in [-0.4, -0.2) is 9.97 Å². The largest absolute Gasteiger partial charge is 0.371 e. The number of rotatable bonds is 6. The summed E-state index contributed by atoms with van der Waals surface area (Å²) in [5.74, 6) is 0. The lowest BCUT2D eigenvalue weighted by molar-refractivity contribution is 0.109. The van der Waals surface area contributed by atoms with Gasteiger partial charge in [0.05, 0.1) is 23.8 Å². The molecule has 0 bridgehead atoms. The van der Waals surface area contributed by atoms with E-state index in [1.165, 1.54) is 10.4 Å². The van der Waals surface area contributed by atoms with Crippen molar-refractivity contribution >= 4 is 11.3 Å². The fourth-order valence-corrected chi connectivity index (χ4v) is 3.32. The quantitative estimate of drug-likeness (QED) is 0.654. The lowest BCUT2D eigenvalue weighted by atomic mass is 10.2. The van der Waals surface area contributed by atoms with Gasteiger partial charge in [0.2, 0.25) is 0 Å². The van der Waals surface area contributed by atoms with E-state index in [1.54, 1.807) is 11.3 Å². The second kappa shape index (κ2) is 7.49. The van der Waals surface area contributed by atoms with Crippen LogP contribution in [0.3, 0.4) is 0 Å². The molecule has 0 amide bonds. The summed E-state index contributed by atoms with van der Waals surface area (Å²) in [7, 11) is 0. The standard InChI is InChI=1S/C19H20N2OS/c1-3-17-11-16(9-10-20-17)19-21-14(2)18(23-19)13-22-12-15-7-5-4-6-8-15/h4-11H,3,12-13H2,1-2H3. The van der Waals surface area contributed by atoms with Gasteiger partial charge in [-0.05, 0) is 31.0 Å². The van der Waals surface area contributed by atoms with Gasteiger partial charge in [0.15, 0.2) is 0 Å². The van der Waals surface area contributed by atoms with Crippen molar-refractivity contribution in [2.75, 3.05) is 0 Å². The van der Waals surface area contributed by atoms with Gasteiger partial charge in [-0.25, -0.2) is 4.98 Å². The van der Waals surface area contributed by atoms with Gasteiger partial charge < -0.3 is 4.74 Å². The Kier molecular flexibility index (Phi) is 5.16. The summed E-state index contributed by atoms with van der Waals surface area (Å²) in [5, 5.41) is 1.04. The Morgan fingerprint density at radius 2 is 1.91 bits per heavy atom. The van der Waals surface area contributed by atoms with Crippen LogP contribution >= 0.6 is 11.3 Å². The normalized spacial score (nSPS) is 10.9. The molecular formula is C19H20N2OS. The summed E-state index contributed by atoms with van der Waals surface area (Å²) < 4.78 is 5.84. The average Bonchev–Trinajstić information content (AvgIpc) is 2.97. The molecule has 2 aromatic heterocycles. The van der Waals surface area contributed by atoms with Crippen molar-refractivity contribution in [2.45, 2.75) is 33.5 Å². The van der Waals surface area contributed by atoms with Gasteiger partial charge in [-0.15, -0.1) is 11.3 Å². The molecule has 3 rings (SSSR count). The minimum atomic E-state index is 0.601. The Labute approximate surface area is 141 Å². The van der Waals surface area contributed by atoms with Crippen LogP contribution < -0.4 is 0 Å². The molecule has 0 fully saturated rings. The highest BCUT2D eigenvalue weighted by molar-refractivity contribution is 7.15. The maximum atomic E-state index is 5.84. The van der Waals surface area contributed by atoms with Crippen LogP contribution in [0.15, 0.2) is 48.7 Å². The van der Waals surface area contributed by atoms with E-state index in [4.69, 9.17) is 9.72 Å². The van der Waals surface area contributed by atoms with E-state index < -0.39 is 0 Å². The first-order valence-corrected chi connectivity index (χ1v) is 8.61. The summed E-state index contributed by atoms with van der Waals surface area (Å²) in [6, 6.07) is 14.4. The predicted octanol–water partition coefficient (Wildman–Crippen LogP) is 4.79. The summed E-state index contributed by atoms with van der Waals surface area (Å²) in [6.07, 6.45) is 2.79. The van der Waals surface area contributed by atoms with Crippen molar-refractivity contribution in [3.63, 3.8) is 0 Å².